The SMILES string of the molecule is N#CC1CCN(CC(O)C(F)(F)F)CC1. The van der Waals surface area contributed by atoms with Gasteiger partial charge in [0.2, 0.25) is 0 Å². The molecular weight excluding hydrogens is 209 g/mol. The average molecular weight is 222 g/mol. The highest BCUT2D eigenvalue weighted by molar-refractivity contribution is 4.88. The van der Waals surface area contributed by atoms with Gasteiger partial charge in [0, 0.05) is 12.5 Å². The van der Waals surface area contributed by atoms with Gasteiger partial charge in [-0.2, -0.15) is 18.4 Å². The van der Waals surface area contributed by atoms with E-state index in [1.54, 1.807) is 4.90 Å². The van der Waals surface area contributed by atoms with Crippen molar-refractivity contribution < 1.29 is 18.3 Å². The number of likely N-dealkylation sites (tertiary alicyclic amines) is 1. The second-order valence-electron chi connectivity index (χ2n) is 3.76. The Hall–Kier alpha value is -0.800. The second kappa shape index (κ2) is 4.81. The van der Waals surface area contributed by atoms with Crippen LogP contribution in [0, 0.1) is 17.2 Å². The lowest BCUT2D eigenvalue weighted by molar-refractivity contribution is -0.208. The first-order chi connectivity index (χ1) is 6.93. The number of halogens is 3. The van der Waals surface area contributed by atoms with Gasteiger partial charge in [-0.1, -0.05) is 0 Å². The molecule has 1 atom stereocenters. The first-order valence-electron chi connectivity index (χ1n) is 4.80. The van der Waals surface area contributed by atoms with Crippen molar-refractivity contribution in [3.8, 4) is 6.07 Å². The minimum Gasteiger partial charge on any atom is -0.382 e. The van der Waals surface area contributed by atoms with Crippen LogP contribution in [0.25, 0.3) is 0 Å². The Morgan fingerprint density at radius 1 is 1.40 bits per heavy atom. The van der Waals surface area contributed by atoms with E-state index in [4.69, 9.17) is 10.4 Å². The third-order valence-corrected chi connectivity index (χ3v) is 2.58. The number of aliphatic hydroxyl groups excluding tert-OH is 1. The molecule has 86 valence electrons. The highest BCUT2D eigenvalue weighted by Crippen LogP contribution is 2.23. The summed E-state index contributed by atoms with van der Waals surface area (Å²) in [6.07, 6.45) is -5.66. The minimum absolute atomic E-state index is 0.0516. The largest absolute Gasteiger partial charge is 0.415 e. The van der Waals surface area contributed by atoms with Crippen LogP contribution in [0.3, 0.4) is 0 Å². The smallest absolute Gasteiger partial charge is 0.382 e. The molecule has 1 saturated heterocycles. The van der Waals surface area contributed by atoms with E-state index in [9.17, 15) is 13.2 Å². The van der Waals surface area contributed by atoms with E-state index in [2.05, 4.69) is 6.07 Å². The van der Waals surface area contributed by atoms with Crippen molar-refractivity contribution in [2.45, 2.75) is 25.1 Å². The van der Waals surface area contributed by atoms with Gasteiger partial charge in [-0.05, 0) is 25.9 Å². The molecular formula is C9H13F3N2O. The number of hydrogen-bond donors (Lipinski definition) is 1. The summed E-state index contributed by atoms with van der Waals surface area (Å²) >= 11 is 0. The van der Waals surface area contributed by atoms with Crippen molar-refractivity contribution in [1.29, 1.82) is 5.26 Å². The van der Waals surface area contributed by atoms with Gasteiger partial charge < -0.3 is 10.0 Å². The highest BCUT2D eigenvalue weighted by Gasteiger charge is 2.39. The topological polar surface area (TPSA) is 47.3 Å². The summed E-state index contributed by atoms with van der Waals surface area (Å²) in [5.41, 5.74) is 0. The summed E-state index contributed by atoms with van der Waals surface area (Å²) in [5, 5.41) is 17.4. The van der Waals surface area contributed by atoms with Crippen molar-refractivity contribution in [1.82, 2.24) is 4.90 Å². The number of piperidine rings is 1. The lowest BCUT2D eigenvalue weighted by atomic mass is 9.98. The number of rotatable bonds is 2. The molecule has 3 nitrogen and oxygen atoms in total. The molecule has 0 aromatic rings. The van der Waals surface area contributed by atoms with E-state index in [1.165, 1.54) is 0 Å². The van der Waals surface area contributed by atoms with Crippen molar-refractivity contribution in [3.63, 3.8) is 0 Å². The van der Waals surface area contributed by atoms with Crippen LogP contribution in [0.2, 0.25) is 0 Å². The van der Waals surface area contributed by atoms with E-state index in [0.29, 0.717) is 25.9 Å². The standard InChI is InChI=1S/C9H13F3N2O/c10-9(11,12)8(15)6-14-3-1-7(5-13)2-4-14/h7-8,15H,1-4,6H2. The van der Waals surface area contributed by atoms with E-state index < -0.39 is 12.3 Å². The molecule has 0 aromatic carbocycles. The first-order valence-corrected chi connectivity index (χ1v) is 4.80. The summed E-state index contributed by atoms with van der Waals surface area (Å²) in [6.45, 7) is 0.512. The molecule has 1 unspecified atom stereocenters. The van der Waals surface area contributed by atoms with Crippen molar-refractivity contribution in [2.24, 2.45) is 5.92 Å². The van der Waals surface area contributed by atoms with Crippen LogP contribution in [0.4, 0.5) is 13.2 Å². The van der Waals surface area contributed by atoms with Gasteiger partial charge in [0.15, 0.2) is 6.10 Å². The number of β-amino-alcohol motifs (C(OH)–C–C–N with tert-alkyl or cyclic N) is 1. The Labute approximate surface area is 86.1 Å². The molecule has 1 fully saturated rings. The monoisotopic (exact) mass is 222 g/mol. The molecule has 0 amide bonds. The van der Waals surface area contributed by atoms with Gasteiger partial charge in [-0.3, -0.25) is 0 Å². The maximum absolute atomic E-state index is 12.0. The van der Waals surface area contributed by atoms with Crippen molar-refractivity contribution in [3.05, 3.63) is 0 Å². The minimum atomic E-state index is -4.55. The molecule has 0 spiro atoms. The van der Waals surface area contributed by atoms with Gasteiger partial charge >= 0.3 is 6.18 Å². The van der Waals surface area contributed by atoms with Crippen LogP contribution in [-0.4, -0.2) is 41.9 Å². The molecule has 0 radical (unpaired) electrons. The van der Waals surface area contributed by atoms with E-state index in [1.807, 2.05) is 0 Å². The predicted molar refractivity (Wildman–Crippen MR) is 46.8 cm³/mol. The predicted octanol–water partition coefficient (Wildman–Crippen LogP) is 1.15. The molecule has 1 rings (SSSR count). The summed E-state index contributed by atoms with van der Waals surface area (Å²) in [6, 6.07) is 2.10. The van der Waals surface area contributed by atoms with Crippen LogP contribution in [-0.2, 0) is 0 Å². The molecule has 15 heavy (non-hydrogen) atoms. The Kier molecular flexibility index (Phi) is 3.94. The highest BCUT2D eigenvalue weighted by atomic mass is 19.4. The van der Waals surface area contributed by atoms with Gasteiger partial charge in [-0.25, -0.2) is 0 Å². The van der Waals surface area contributed by atoms with Gasteiger partial charge in [0.05, 0.1) is 6.07 Å². The van der Waals surface area contributed by atoms with E-state index in [-0.39, 0.29) is 12.5 Å². The van der Waals surface area contributed by atoms with Crippen molar-refractivity contribution >= 4 is 0 Å². The van der Waals surface area contributed by atoms with E-state index >= 15 is 0 Å². The third kappa shape index (κ3) is 3.68. The molecule has 0 saturated carbocycles. The Morgan fingerprint density at radius 2 is 1.93 bits per heavy atom. The summed E-state index contributed by atoms with van der Waals surface area (Å²) in [5.74, 6) is -0.0516. The summed E-state index contributed by atoms with van der Waals surface area (Å²) in [7, 11) is 0. The number of nitrogens with zero attached hydrogens (tertiary/aromatic N) is 2. The average Bonchev–Trinajstić information content (AvgIpc) is 2.17. The molecule has 1 aliphatic heterocycles. The number of nitriles is 1. The van der Waals surface area contributed by atoms with Crippen LogP contribution < -0.4 is 0 Å². The zero-order chi connectivity index (χ0) is 11.5. The first kappa shape index (κ1) is 12.3. The van der Waals surface area contributed by atoms with Crippen molar-refractivity contribution in [2.75, 3.05) is 19.6 Å². The van der Waals surface area contributed by atoms with Gasteiger partial charge in [0.1, 0.15) is 0 Å². The van der Waals surface area contributed by atoms with Crippen LogP contribution in [0.15, 0.2) is 0 Å². The fourth-order valence-electron chi connectivity index (χ4n) is 1.59. The van der Waals surface area contributed by atoms with Crippen LogP contribution >= 0.6 is 0 Å². The lowest BCUT2D eigenvalue weighted by Crippen LogP contribution is -2.44. The molecule has 1 heterocycles. The van der Waals surface area contributed by atoms with E-state index in [0.717, 1.165) is 0 Å². The maximum Gasteiger partial charge on any atom is 0.415 e. The van der Waals surface area contributed by atoms with Gasteiger partial charge in [0.25, 0.3) is 0 Å². The molecule has 0 bridgehead atoms. The summed E-state index contributed by atoms with van der Waals surface area (Å²) < 4.78 is 36.1. The number of alkyl halides is 3. The third-order valence-electron chi connectivity index (χ3n) is 2.58. The molecule has 6 heteroatoms. The lowest BCUT2D eigenvalue weighted by Gasteiger charge is -2.31. The fourth-order valence-corrected chi connectivity index (χ4v) is 1.59. The zero-order valence-corrected chi connectivity index (χ0v) is 8.17. The summed E-state index contributed by atoms with van der Waals surface area (Å²) in [4.78, 5) is 1.55. The normalized spacial score (nSPS) is 22.3. The molecule has 1 N–H and O–H groups in total. The number of hydrogen-bond acceptors (Lipinski definition) is 3. The zero-order valence-electron chi connectivity index (χ0n) is 8.17. The molecule has 0 aliphatic carbocycles. The number of aliphatic hydroxyl groups is 1. The molecule has 1 aliphatic rings. The fraction of sp³-hybridized carbons (Fsp3) is 0.889. The van der Waals surface area contributed by atoms with Crippen LogP contribution in [0.1, 0.15) is 12.8 Å². The second-order valence-corrected chi connectivity index (χ2v) is 3.76. The van der Waals surface area contributed by atoms with Crippen LogP contribution in [0.5, 0.6) is 0 Å². The Morgan fingerprint density at radius 3 is 2.33 bits per heavy atom. The van der Waals surface area contributed by atoms with Gasteiger partial charge in [-0.15, -0.1) is 0 Å². The Balaban J connectivity index is 2.33. The quantitative estimate of drug-likeness (QED) is 0.762. The Bertz CT molecular complexity index is 241. The molecule has 0 aromatic heterocycles. The maximum atomic E-state index is 12.0.